The second kappa shape index (κ2) is 13.5. The zero-order chi connectivity index (χ0) is 9.98. The minimum Gasteiger partial charge on any atom is -0.545 e. The predicted octanol–water partition coefficient (Wildman–Crippen LogP) is -1.38. The van der Waals surface area contributed by atoms with E-state index in [1.54, 1.807) is 13.8 Å². The van der Waals surface area contributed by atoms with Gasteiger partial charge in [-0.1, -0.05) is 12.2 Å². The summed E-state index contributed by atoms with van der Waals surface area (Å²) in [5.74, 6) is -2.28. The van der Waals surface area contributed by atoms with Crippen LogP contribution < -0.4 is 10.2 Å². The third-order valence-corrected chi connectivity index (χ3v) is 0.605. The molecule has 0 radical (unpaired) electrons. The second-order valence-corrected chi connectivity index (χ2v) is 1.64. The van der Waals surface area contributed by atoms with E-state index in [2.05, 4.69) is 0 Å². The number of carboxylic acid groups (broad SMARTS) is 2. The van der Waals surface area contributed by atoms with Gasteiger partial charge in [0.15, 0.2) is 0 Å². The largest absolute Gasteiger partial charge is 2.00 e. The maximum atomic E-state index is 9.40. The van der Waals surface area contributed by atoms with Gasteiger partial charge in [-0.05, 0) is 26.0 Å². The van der Waals surface area contributed by atoms with Crippen LogP contribution in [-0.4, -0.2) is 11.9 Å². The van der Waals surface area contributed by atoms with Crippen molar-refractivity contribution in [2.45, 2.75) is 13.8 Å². The first-order valence-electron chi connectivity index (χ1n) is 3.22. The molecule has 0 N–H and O–H groups in total. The molecule has 0 aromatic carbocycles. The second-order valence-electron chi connectivity index (χ2n) is 1.64. The molecular weight excluding hydrogens is 219 g/mol. The molecular formula is C8H10NiO4. The van der Waals surface area contributed by atoms with Crippen LogP contribution in [-0.2, 0) is 26.1 Å². The number of allylic oxidation sites excluding steroid dienone is 2. The SMILES string of the molecule is C/C=C/C(=O)[O-].C/C=C/C(=O)[O-].[Ni+2]. The molecule has 0 aromatic heterocycles. The average molecular weight is 229 g/mol. The van der Waals surface area contributed by atoms with Gasteiger partial charge in [-0.2, -0.15) is 0 Å². The van der Waals surface area contributed by atoms with E-state index in [4.69, 9.17) is 0 Å². The summed E-state index contributed by atoms with van der Waals surface area (Å²) in [6.45, 7) is 3.24. The van der Waals surface area contributed by atoms with Crippen LogP contribution in [0.25, 0.3) is 0 Å². The Morgan fingerprint density at radius 2 is 1.15 bits per heavy atom. The number of rotatable bonds is 2. The van der Waals surface area contributed by atoms with Gasteiger partial charge < -0.3 is 19.8 Å². The summed E-state index contributed by atoms with van der Waals surface area (Å²) in [6.07, 6.45) is 4.77. The zero-order valence-electron chi connectivity index (χ0n) is 7.26. The summed E-state index contributed by atoms with van der Waals surface area (Å²) < 4.78 is 0. The molecule has 0 aliphatic carbocycles. The molecule has 0 heterocycles. The monoisotopic (exact) mass is 228 g/mol. The number of carbonyl (C=O) groups excluding carboxylic acids is 2. The molecule has 0 aromatic rings. The molecule has 0 amide bonds. The molecule has 5 heteroatoms. The van der Waals surface area contributed by atoms with E-state index in [0.717, 1.165) is 12.2 Å². The number of carbonyl (C=O) groups is 2. The minimum atomic E-state index is -1.14. The molecule has 0 saturated carbocycles. The first kappa shape index (κ1) is 17.9. The zero-order valence-corrected chi connectivity index (χ0v) is 8.25. The van der Waals surface area contributed by atoms with E-state index >= 15 is 0 Å². The van der Waals surface area contributed by atoms with Crippen molar-refractivity contribution in [3.8, 4) is 0 Å². The summed E-state index contributed by atoms with van der Waals surface area (Å²) in [7, 11) is 0. The van der Waals surface area contributed by atoms with Crippen LogP contribution in [0.15, 0.2) is 24.3 Å². The van der Waals surface area contributed by atoms with Crippen molar-refractivity contribution in [1.82, 2.24) is 0 Å². The van der Waals surface area contributed by atoms with Crippen molar-refractivity contribution in [2.24, 2.45) is 0 Å². The number of carboxylic acids is 2. The Kier molecular flexibility index (Phi) is 18.5. The molecule has 0 aliphatic rings. The average Bonchev–Trinajstić information content (AvgIpc) is 1.87. The van der Waals surface area contributed by atoms with Crippen LogP contribution in [0, 0.1) is 0 Å². The van der Waals surface area contributed by atoms with Crippen molar-refractivity contribution in [1.29, 1.82) is 0 Å². The number of aliphatic carboxylic acids is 2. The van der Waals surface area contributed by atoms with Gasteiger partial charge in [0.1, 0.15) is 0 Å². The van der Waals surface area contributed by atoms with Crippen molar-refractivity contribution in [3.63, 3.8) is 0 Å². The first-order valence-corrected chi connectivity index (χ1v) is 3.22. The van der Waals surface area contributed by atoms with Gasteiger partial charge in [0.25, 0.3) is 0 Å². The van der Waals surface area contributed by atoms with Crippen LogP contribution >= 0.6 is 0 Å². The third-order valence-electron chi connectivity index (χ3n) is 0.605. The van der Waals surface area contributed by atoms with Crippen molar-refractivity contribution >= 4 is 11.9 Å². The fourth-order valence-electron chi connectivity index (χ4n) is 0.272. The number of hydrogen-bond donors (Lipinski definition) is 0. The Balaban J connectivity index is -0.000000143. The Morgan fingerprint density at radius 3 is 1.15 bits per heavy atom. The maximum absolute atomic E-state index is 9.40. The fraction of sp³-hybridized carbons (Fsp3) is 0.250. The molecule has 0 spiro atoms. The summed E-state index contributed by atoms with van der Waals surface area (Å²) in [5.41, 5.74) is 0. The Labute approximate surface area is 86.9 Å². The van der Waals surface area contributed by atoms with Crippen molar-refractivity contribution < 1.29 is 36.3 Å². The van der Waals surface area contributed by atoms with E-state index in [9.17, 15) is 19.8 Å². The smallest absolute Gasteiger partial charge is 0.545 e. The van der Waals surface area contributed by atoms with E-state index in [-0.39, 0.29) is 16.5 Å². The molecule has 0 aliphatic heterocycles. The van der Waals surface area contributed by atoms with Gasteiger partial charge in [0.2, 0.25) is 0 Å². The van der Waals surface area contributed by atoms with E-state index in [1.165, 1.54) is 12.2 Å². The van der Waals surface area contributed by atoms with Gasteiger partial charge in [-0.3, -0.25) is 0 Å². The summed E-state index contributed by atoms with van der Waals surface area (Å²) in [4.78, 5) is 18.8. The van der Waals surface area contributed by atoms with E-state index < -0.39 is 11.9 Å². The molecule has 0 atom stereocenters. The molecule has 0 saturated heterocycles. The Bertz CT molecular complexity index is 174. The van der Waals surface area contributed by atoms with Crippen LogP contribution in [0.2, 0.25) is 0 Å². The topological polar surface area (TPSA) is 80.3 Å². The third kappa shape index (κ3) is 35.9. The summed E-state index contributed by atoms with van der Waals surface area (Å²) in [5, 5.41) is 18.8. The minimum absolute atomic E-state index is 0. The van der Waals surface area contributed by atoms with Crippen LogP contribution in [0.3, 0.4) is 0 Å². The summed E-state index contributed by atoms with van der Waals surface area (Å²) in [6, 6.07) is 0. The van der Waals surface area contributed by atoms with Crippen LogP contribution in [0.5, 0.6) is 0 Å². The van der Waals surface area contributed by atoms with Gasteiger partial charge >= 0.3 is 16.5 Å². The predicted molar refractivity (Wildman–Crippen MR) is 39.6 cm³/mol. The van der Waals surface area contributed by atoms with Gasteiger partial charge in [0.05, 0.1) is 11.9 Å². The van der Waals surface area contributed by atoms with Crippen LogP contribution in [0.1, 0.15) is 13.8 Å². The fourth-order valence-corrected chi connectivity index (χ4v) is 0.272. The molecule has 0 unspecified atom stereocenters. The molecule has 4 nitrogen and oxygen atoms in total. The van der Waals surface area contributed by atoms with E-state index in [1.807, 2.05) is 0 Å². The van der Waals surface area contributed by atoms with Gasteiger partial charge in [-0.15, -0.1) is 0 Å². The Morgan fingerprint density at radius 1 is 0.923 bits per heavy atom. The van der Waals surface area contributed by atoms with Crippen LogP contribution in [0.4, 0.5) is 0 Å². The standard InChI is InChI=1S/2C4H6O2.Ni/c2*1-2-3-4(5)6;/h2*2-3H,1H3,(H,5,6);/q;;+2/p-2/b2*3-2+;. The van der Waals surface area contributed by atoms with Gasteiger partial charge in [0, 0.05) is 0 Å². The molecule has 0 fully saturated rings. The van der Waals surface area contributed by atoms with Gasteiger partial charge in [-0.25, -0.2) is 0 Å². The molecule has 0 rings (SSSR count). The van der Waals surface area contributed by atoms with Crippen molar-refractivity contribution in [3.05, 3.63) is 24.3 Å². The normalized spacial score (nSPS) is 8.77. The molecule has 13 heavy (non-hydrogen) atoms. The number of hydrogen-bond acceptors (Lipinski definition) is 4. The van der Waals surface area contributed by atoms with E-state index in [0.29, 0.717) is 0 Å². The molecule has 76 valence electrons. The molecule has 0 bridgehead atoms. The Hall–Kier alpha value is -1.09. The first-order chi connectivity index (χ1) is 5.54. The van der Waals surface area contributed by atoms with Crippen molar-refractivity contribution in [2.75, 3.05) is 0 Å². The quantitative estimate of drug-likeness (QED) is 0.431. The summed E-state index contributed by atoms with van der Waals surface area (Å²) >= 11 is 0. The maximum Gasteiger partial charge on any atom is 2.00 e.